The van der Waals surface area contributed by atoms with Crippen LogP contribution in [0.25, 0.3) is 0 Å². The van der Waals surface area contributed by atoms with E-state index in [0.717, 1.165) is 19.4 Å². The highest BCUT2D eigenvalue weighted by Crippen LogP contribution is 2.07. The Morgan fingerprint density at radius 1 is 0.938 bits per heavy atom. The largest absolute Gasteiger partial charge is 0.382 e. The van der Waals surface area contributed by atoms with Crippen molar-refractivity contribution in [3.8, 4) is 0 Å². The number of rotatable bonds is 12. The maximum atomic E-state index is 5.99. The van der Waals surface area contributed by atoms with Crippen LogP contribution in [-0.4, -0.2) is 33.0 Å². The summed E-state index contributed by atoms with van der Waals surface area (Å²) < 4.78 is 10.3. The Hall–Kier alpha value is -0.120. The predicted octanol–water partition coefficient (Wildman–Crippen LogP) is 2.73. The molecule has 0 aliphatic carbocycles. The van der Waals surface area contributed by atoms with E-state index in [9.17, 15) is 0 Å². The molecule has 0 aromatic rings. The number of unbranched alkanes of at least 4 members (excludes halogenated alkanes) is 4. The van der Waals surface area contributed by atoms with Crippen molar-refractivity contribution < 1.29 is 9.47 Å². The Kier molecular flexibility index (Phi) is 12.9. The second kappa shape index (κ2) is 12.9. The molecule has 0 radical (unpaired) electrons. The van der Waals surface area contributed by atoms with Crippen molar-refractivity contribution in [3.05, 3.63) is 0 Å². The van der Waals surface area contributed by atoms with E-state index >= 15 is 0 Å². The Bertz CT molecular complexity index is 117. The zero-order chi connectivity index (χ0) is 12.1. The minimum absolute atomic E-state index is 0.309. The first-order chi connectivity index (χ1) is 7.81. The van der Waals surface area contributed by atoms with E-state index in [4.69, 9.17) is 15.2 Å². The highest BCUT2D eigenvalue weighted by molar-refractivity contribution is 4.60. The van der Waals surface area contributed by atoms with Crippen LogP contribution in [0.3, 0.4) is 0 Å². The molecule has 0 heterocycles. The van der Waals surface area contributed by atoms with Gasteiger partial charge >= 0.3 is 0 Å². The Morgan fingerprint density at radius 3 is 2.38 bits per heavy atom. The van der Waals surface area contributed by atoms with E-state index in [2.05, 4.69) is 6.92 Å². The van der Waals surface area contributed by atoms with Crippen molar-refractivity contribution in [3.63, 3.8) is 0 Å². The minimum Gasteiger partial charge on any atom is -0.382 e. The molecule has 98 valence electrons. The molecule has 16 heavy (non-hydrogen) atoms. The Balaban J connectivity index is 3.09. The molecule has 3 heteroatoms. The number of hydrogen-bond donors (Lipinski definition) is 1. The molecule has 2 N–H and O–H groups in total. The van der Waals surface area contributed by atoms with Crippen molar-refractivity contribution in [2.24, 2.45) is 5.73 Å². The molecule has 0 saturated carbocycles. The number of hydrogen-bond acceptors (Lipinski definition) is 3. The first-order valence-corrected chi connectivity index (χ1v) is 6.63. The van der Waals surface area contributed by atoms with E-state index in [0.29, 0.717) is 19.3 Å². The van der Waals surface area contributed by atoms with E-state index in [-0.39, 0.29) is 0 Å². The summed E-state index contributed by atoms with van der Waals surface area (Å²) >= 11 is 0. The molecule has 1 atom stereocenters. The predicted molar refractivity (Wildman–Crippen MR) is 68.7 cm³/mol. The number of ether oxygens (including phenoxy) is 2. The third-order valence-electron chi connectivity index (χ3n) is 2.74. The average molecular weight is 231 g/mol. The fraction of sp³-hybridized carbons (Fsp3) is 1.00. The van der Waals surface area contributed by atoms with Gasteiger partial charge in [-0.3, -0.25) is 0 Å². The van der Waals surface area contributed by atoms with Gasteiger partial charge in [-0.1, -0.05) is 39.0 Å². The zero-order valence-electron chi connectivity index (χ0n) is 11.0. The van der Waals surface area contributed by atoms with Crippen LogP contribution in [0.4, 0.5) is 0 Å². The highest BCUT2D eigenvalue weighted by Gasteiger charge is 2.02. The van der Waals surface area contributed by atoms with Gasteiger partial charge in [-0.25, -0.2) is 0 Å². The van der Waals surface area contributed by atoms with Gasteiger partial charge in [-0.2, -0.15) is 0 Å². The molecule has 0 aromatic carbocycles. The molecule has 3 nitrogen and oxygen atoms in total. The molecule has 0 spiro atoms. The molecular formula is C13H29NO2. The summed E-state index contributed by atoms with van der Waals surface area (Å²) in [4.78, 5) is 0. The summed E-state index contributed by atoms with van der Waals surface area (Å²) in [5, 5.41) is 0. The zero-order valence-corrected chi connectivity index (χ0v) is 11.0. The van der Waals surface area contributed by atoms with Crippen LogP contribution >= 0.6 is 0 Å². The lowest BCUT2D eigenvalue weighted by molar-refractivity contribution is 0.0668. The van der Waals surface area contributed by atoms with Crippen LogP contribution in [0.5, 0.6) is 0 Å². The molecule has 0 aliphatic heterocycles. The molecule has 0 fully saturated rings. The normalized spacial score (nSPS) is 12.9. The van der Waals surface area contributed by atoms with Crippen molar-refractivity contribution in [1.82, 2.24) is 0 Å². The Morgan fingerprint density at radius 2 is 1.69 bits per heavy atom. The smallest absolute Gasteiger partial charge is 0.0700 e. The van der Waals surface area contributed by atoms with Crippen LogP contribution in [0.1, 0.15) is 51.9 Å². The maximum absolute atomic E-state index is 5.99. The molecule has 0 bridgehead atoms. The first kappa shape index (κ1) is 15.9. The van der Waals surface area contributed by atoms with Crippen molar-refractivity contribution >= 4 is 0 Å². The molecule has 0 amide bonds. The van der Waals surface area contributed by atoms with Gasteiger partial charge in [0.1, 0.15) is 0 Å². The van der Waals surface area contributed by atoms with E-state index in [1.165, 1.54) is 32.1 Å². The second-order valence-electron chi connectivity index (χ2n) is 4.36. The van der Waals surface area contributed by atoms with Crippen molar-refractivity contribution in [2.45, 2.75) is 57.9 Å². The maximum Gasteiger partial charge on any atom is 0.0700 e. The molecule has 1 unspecified atom stereocenters. The fourth-order valence-electron chi connectivity index (χ4n) is 1.63. The number of nitrogens with two attached hydrogens (primary N) is 1. The summed E-state index contributed by atoms with van der Waals surface area (Å²) in [5.74, 6) is 0. The fourth-order valence-corrected chi connectivity index (χ4v) is 1.63. The minimum atomic E-state index is 0.309. The van der Waals surface area contributed by atoms with E-state index in [1.807, 2.05) is 0 Å². The Labute approximate surface area is 101 Å². The summed E-state index contributed by atoms with van der Waals surface area (Å²) in [6.07, 6.45) is 8.71. The SMILES string of the molecule is CCCCCCCC(N)CCOCCOC. The first-order valence-electron chi connectivity index (χ1n) is 6.63. The van der Waals surface area contributed by atoms with Gasteiger partial charge in [0.2, 0.25) is 0 Å². The van der Waals surface area contributed by atoms with Gasteiger partial charge in [0, 0.05) is 19.8 Å². The summed E-state index contributed by atoms with van der Waals surface area (Å²) in [5.41, 5.74) is 5.99. The van der Waals surface area contributed by atoms with Crippen LogP contribution in [0, 0.1) is 0 Å². The van der Waals surface area contributed by atoms with Gasteiger partial charge in [0.25, 0.3) is 0 Å². The monoisotopic (exact) mass is 231 g/mol. The molecule has 0 aliphatic rings. The van der Waals surface area contributed by atoms with Crippen molar-refractivity contribution in [1.29, 1.82) is 0 Å². The molecule has 0 rings (SSSR count). The average Bonchev–Trinajstić information content (AvgIpc) is 2.28. The quantitative estimate of drug-likeness (QED) is 0.525. The van der Waals surface area contributed by atoms with E-state index in [1.54, 1.807) is 7.11 Å². The summed E-state index contributed by atoms with van der Waals surface area (Å²) in [7, 11) is 1.69. The standard InChI is InChI=1S/C13H29NO2/c1-3-4-5-6-7-8-13(14)9-10-16-12-11-15-2/h13H,3-12,14H2,1-2H3. The number of methoxy groups -OCH3 is 1. The van der Waals surface area contributed by atoms with Gasteiger partial charge in [0.05, 0.1) is 13.2 Å². The lowest BCUT2D eigenvalue weighted by atomic mass is 10.1. The van der Waals surface area contributed by atoms with Crippen molar-refractivity contribution in [2.75, 3.05) is 26.9 Å². The summed E-state index contributed by atoms with van der Waals surface area (Å²) in [6.45, 7) is 4.36. The third kappa shape index (κ3) is 12.0. The molecule has 0 aromatic heterocycles. The van der Waals surface area contributed by atoms with Crippen LogP contribution in [0.2, 0.25) is 0 Å². The lowest BCUT2D eigenvalue weighted by Crippen LogP contribution is -2.22. The van der Waals surface area contributed by atoms with Gasteiger partial charge in [-0.05, 0) is 12.8 Å². The van der Waals surface area contributed by atoms with Crippen LogP contribution in [-0.2, 0) is 9.47 Å². The molecular weight excluding hydrogens is 202 g/mol. The highest BCUT2D eigenvalue weighted by atomic mass is 16.5. The lowest BCUT2D eigenvalue weighted by Gasteiger charge is -2.11. The molecule has 0 saturated heterocycles. The third-order valence-corrected chi connectivity index (χ3v) is 2.74. The topological polar surface area (TPSA) is 44.5 Å². The van der Waals surface area contributed by atoms with Crippen LogP contribution in [0.15, 0.2) is 0 Å². The second-order valence-corrected chi connectivity index (χ2v) is 4.36. The van der Waals surface area contributed by atoms with E-state index < -0.39 is 0 Å². The van der Waals surface area contributed by atoms with Gasteiger partial charge < -0.3 is 15.2 Å². The van der Waals surface area contributed by atoms with Gasteiger partial charge in [-0.15, -0.1) is 0 Å². The summed E-state index contributed by atoms with van der Waals surface area (Å²) in [6, 6.07) is 0.309. The van der Waals surface area contributed by atoms with Gasteiger partial charge in [0.15, 0.2) is 0 Å². The van der Waals surface area contributed by atoms with Crippen LogP contribution < -0.4 is 5.73 Å².